The lowest BCUT2D eigenvalue weighted by Crippen LogP contribution is -2.54. The number of benzene rings is 4. The van der Waals surface area contributed by atoms with Crippen LogP contribution in [0.3, 0.4) is 0 Å². The van der Waals surface area contributed by atoms with Gasteiger partial charge in [0, 0.05) is 24.0 Å². The zero-order chi connectivity index (χ0) is 31.7. The van der Waals surface area contributed by atoms with Gasteiger partial charge >= 0.3 is 0 Å². The number of amides is 2. The van der Waals surface area contributed by atoms with Crippen molar-refractivity contribution < 1.29 is 18.0 Å². The van der Waals surface area contributed by atoms with E-state index in [-0.39, 0.29) is 29.8 Å². The molecule has 44 heavy (non-hydrogen) atoms. The minimum Gasteiger partial charge on any atom is -0.352 e. The van der Waals surface area contributed by atoms with Crippen LogP contribution in [0.5, 0.6) is 0 Å². The Bertz CT molecular complexity index is 1630. The predicted molar refractivity (Wildman–Crippen MR) is 176 cm³/mol. The van der Waals surface area contributed by atoms with Gasteiger partial charge < -0.3 is 10.2 Å². The van der Waals surface area contributed by atoms with Crippen LogP contribution < -0.4 is 9.62 Å². The SMILES string of the molecule is CCC(C)NC(=O)C(Cc1ccccc1)N(Cc1ccc(Cl)cc1)C(=O)CN(c1ccccc1)S(=O)(=O)c1ccc(C)cc1. The van der Waals surface area contributed by atoms with Gasteiger partial charge in [0.2, 0.25) is 11.8 Å². The fourth-order valence-electron chi connectivity index (χ4n) is 4.74. The molecule has 0 aromatic heterocycles. The highest BCUT2D eigenvalue weighted by atomic mass is 35.5. The average Bonchev–Trinajstić information content (AvgIpc) is 3.03. The van der Waals surface area contributed by atoms with Gasteiger partial charge in [-0.2, -0.15) is 0 Å². The van der Waals surface area contributed by atoms with E-state index in [4.69, 9.17) is 11.6 Å². The third-order valence-corrected chi connectivity index (χ3v) is 9.51. The van der Waals surface area contributed by atoms with E-state index in [1.165, 1.54) is 17.0 Å². The molecule has 0 bridgehead atoms. The fourth-order valence-corrected chi connectivity index (χ4v) is 6.28. The maximum absolute atomic E-state index is 14.4. The molecule has 7 nitrogen and oxygen atoms in total. The van der Waals surface area contributed by atoms with Gasteiger partial charge in [-0.3, -0.25) is 13.9 Å². The Labute approximate surface area is 265 Å². The summed E-state index contributed by atoms with van der Waals surface area (Å²) in [6, 6.07) is 30.6. The molecule has 0 aliphatic carbocycles. The first-order valence-corrected chi connectivity index (χ1v) is 16.4. The number of carbonyl (C=O) groups is 2. The summed E-state index contributed by atoms with van der Waals surface area (Å²) in [4.78, 5) is 29.8. The zero-order valence-corrected chi connectivity index (χ0v) is 26.8. The molecule has 0 aliphatic rings. The monoisotopic (exact) mass is 631 g/mol. The van der Waals surface area contributed by atoms with Crippen molar-refractivity contribution in [2.45, 2.75) is 57.1 Å². The van der Waals surface area contributed by atoms with Crippen molar-refractivity contribution in [2.75, 3.05) is 10.8 Å². The van der Waals surface area contributed by atoms with E-state index in [9.17, 15) is 18.0 Å². The Morgan fingerprint density at radius 1 is 0.818 bits per heavy atom. The molecule has 0 saturated carbocycles. The molecule has 2 amide bonds. The van der Waals surface area contributed by atoms with E-state index in [1.807, 2.05) is 51.1 Å². The number of para-hydroxylation sites is 1. The molecule has 9 heteroatoms. The van der Waals surface area contributed by atoms with Crippen molar-refractivity contribution in [2.24, 2.45) is 0 Å². The molecular formula is C35H38ClN3O4S. The average molecular weight is 632 g/mol. The first-order chi connectivity index (χ1) is 21.1. The third-order valence-electron chi connectivity index (χ3n) is 7.47. The molecule has 4 aromatic carbocycles. The molecule has 0 spiro atoms. The minimum atomic E-state index is -4.14. The molecule has 4 aromatic rings. The van der Waals surface area contributed by atoms with Crippen molar-refractivity contribution in [1.29, 1.82) is 0 Å². The van der Waals surface area contributed by atoms with Crippen LogP contribution >= 0.6 is 11.6 Å². The summed E-state index contributed by atoms with van der Waals surface area (Å²) in [5.41, 5.74) is 2.88. The summed E-state index contributed by atoms with van der Waals surface area (Å²) < 4.78 is 29.2. The topological polar surface area (TPSA) is 86.8 Å². The number of anilines is 1. The standard InChI is InChI=1S/C35H38ClN3O4S/c1-4-27(3)37-35(41)33(23-28-11-7-5-8-12-28)38(24-29-17-19-30(36)20-18-29)34(40)25-39(31-13-9-6-10-14-31)44(42,43)32-21-15-26(2)16-22-32/h5-22,27,33H,4,23-25H2,1-3H3,(H,37,41). The van der Waals surface area contributed by atoms with Gasteiger partial charge in [-0.05, 0) is 67.8 Å². The number of nitrogens with one attached hydrogen (secondary N) is 1. The molecule has 0 radical (unpaired) electrons. The molecule has 230 valence electrons. The van der Waals surface area contributed by atoms with E-state index in [1.54, 1.807) is 66.7 Å². The van der Waals surface area contributed by atoms with Crippen LogP contribution in [-0.2, 0) is 32.6 Å². The molecule has 2 atom stereocenters. The van der Waals surface area contributed by atoms with Crippen molar-refractivity contribution in [3.05, 3.63) is 131 Å². The van der Waals surface area contributed by atoms with Crippen LogP contribution in [0.1, 0.15) is 37.0 Å². The Kier molecular flexibility index (Phi) is 11.2. The van der Waals surface area contributed by atoms with E-state index < -0.39 is 28.5 Å². The molecule has 4 rings (SSSR count). The van der Waals surface area contributed by atoms with Gasteiger partial charge in [0.25, 0.3) is 10.0 Å². The number of carbonyl (C=O) groups excluding carboxylic acids is 2. The molecule has 0 heterocycles. The number of aryl methyl sites for hydroxylation is 1. The first kappa shape index (κ1) is 32.8. The van der Waals surface area contributed by atoms with Gasteiger partial charge in [0.15, 0.2) is 0 Å². The third kappa shape index (κ3) is 8.49. The smallest absolute Gasteiger partial charge is 0.264 e. The van der Waals surface area contributed by atoms with E-state index in [2.05, 4.69) is 5.32 Å². The number of rotatable bonds is 13. The number of nitrogens with zero attached hydrogens (tertiary/aromatic N) is 2. The van der Waals surface area contributed by atoms with Crippen LogP contribution in [-0.4, -0.2) is 43.8 Å². The van der Waals surface area contributed by atoms with Crippen LogP contribution in [0.2, 0.25) is 5.02 Å². The fraction of sp³-hybridized carbons (Fsp3) is 0.257. The first-order valence-electron chi connectivity index (χ1n) is 14.6. The van der Waals surface area contributed by atoms with Crippen LogP contribution in [0, 0.1) is 6.92 Å². The largest absolute Gasteiger partial charge is 0.352 e. The summed E-state index contributed by atoms with van der Waals surface area (Å²) in [6.45, 7) is 5.33. The Balaban J connectivity index is 1.78. The highest BCUT2D eigenvalue weighted by Gasteiger charge is 2.34. The van der Waals surface area contributed by atoms with Crippen molar-refractivity contribution >= 4 is 39.1 Å². The van der Waals surface area contributed by atoms with E-state index in [0.29, 0.717) is 17.1 Å². The summed E-state index contributed by atoms with van der Waals surface area (Å²) in [5.74, 6) is -0.821. The molecule has 1 N–H and O–H groups in total. The molecular weight excluding hydrogens is 594 g/mol. The second-order valence-electron chi connectivity index (χ2n) is 10.8. The van der Waals surface area contributed by atoms with E-state index in [0.717, 1.165) is 21.0 Å². The van der Waals surface area contributed by atoms with Crippen molar-refractivity contribution in [3.63, 3.8) is 0 Å². The predicted octanol–water partition coefficient (Wildman–Crippen LogP) is 6.40. The number of halogens is 1. The Morgan fingerprint density at radius 3 is 2.00 bits per heavy atom. The van der Waals surface area contributed by atoms with Gasteiger partial charge in [-0.15, -0.1) is 0 Å². The Morgan fingerprint density at radius 2 is 1.41 bits per heavy atom. The normalized spacial score (nSPS) is 12.6. The van der Waals surface area contributed by atoms with Crippen molar-refractivity contribution in [3.8, 4) is 0 Å². The summed E-state index contributed by atoms with van der Waals surface area (Å²) in [5, 5.41) is 3.58. The summed E-state index contributed by atoms with van der Waals surface area (Å²) >= 11 is 6.14. The number of hydrogen-bond acceptors (Lipinski definition) is 4. The number of hydrogen-bond donors (Lipinski definition) is 1. The zero-order valence-electron chi connectivity index (χ0n) is 25.2. The molecule has 0 aliphatic heterocycles. The maximum atomic E-state index is 14.4. The second-order valence-corrected chi connectivity index (χ2v) is 13.1. The van der Waals surface area contributed by atoms with Crippen LogP contribution in [0.25, 0.3) is 0 Å². The maximum Gasteiger partial charge on any atom is 0.264 e. The quantitative estimate of drug-likeness (QED) is 0.185. The Hall–Kier alpha value is -4.14. The summed E-state index contributed by atoms with van der Waals surface area (Å²) in [6.07, 6.45) is 0.962. The van der Waals surface area contributed by atoms with E-state index >= 15 is 0 Å². The van der Waals surface area contributed by atoms with Crippen LogP contribution in [0.15, 0.2) is 114 Å². The second kappa shape index (κ2) is 15.0. The lowest BCUT2D eigenvalue weighted by Gasteiger charge is -2.34. The van der Waals surface area contributed by atoms with Gasteiger partial charge in [0.1, 0.15) is 12.6 Å². The van der Waals surface area contributed by atoms with Gasteiger partial charge in [-0.1, -0.05) is 96.9 Å². The molecule has 2 unspecified atom stereocenters. The number of sulfonamides is 1. The molecule has 0 saturated heterocycles. The van der Waals surface area contributed by atoms with Crippen molar-refractivity contribution in [1.82, 2.24) is 10.2 Å². The highest BCUT2D eigenvalue weighted by molar-refractivity contribution is 7.92. The highest BCUT2D eigenvalue weighted by Crippen LogP contribution is 2.25. The lowest BCUT2D eigenvalue weighted by atomic mass is 10.0. The molecule has 0 fully saturated rings. The van der Waals surface area contributed by atoms with Gasteiger partial charge in [-0.25, -0.2) is 8.42 Å². The summed E-state index contributed by atoms with van der Waals surface area (Å²) in [7, 11) is -4.14. The minimum absolute atomic E-state index is 0.0688. The lowest BCUT2D eigenvalue weighted by molar-refractivity contribution is -0.140. The van der Waals surface area contributed by atoms with Crippen LogP contribution in [0.4, 0.5) is 5.69 Å². The van der Waals surface area contributed by atoms with Gasteiger partial charge in [0.05, 0.1) is 10.6 Å².